The average molecular weight is 609 g/mol. The summed E-state index contributed by atoms with van der Waals surface area (Å²) in [5.41, 5.74) is -2.83. The van der Waals surface area contributed by atoms with Crippen LogP contribution in [-0.4, -0.2) is 59.7 Å². The number of hydrogen-bond donors (Lipinski definition) is 3. The van der Waals surface area contributed by atoms with Crippen molar-refractivity contribution < 1.29 is 41.7 Å². The van der Waals surface area contributed by atoms with Crippen molar-refractivity contribution in [2.45, 2.75) is 18.2 Å². The second kappa shape index (κ2) is 12.7. The van der Waals surface area contributed by atoms with Crippen LogP contribution < -0.4 is 19.5 Å². The SMILES string of the molecule is COc1cc(C(=O)NCC(CO)(c2ccc(OC)c(-c3ccc(F)c(Cl)c3)n2)C(F)(F)F)ccc1OCc1ccn[nH]1. The van der Waals surface area contributed by atoms with E-state index in [4.69, 9.17) is 25.8 Å². The third kappa shape index (κ3) is 6.26. The van der Waals surface area contributed by atoms with Gasteiger partial charge in [0.25, 0.3) is 5.91 Å². The lowest BCUT2D eigenvalue weighted by Crippen LogP contribution is -2.54. The van der Waals surface area contributed by atoms with Gasteiger partial charge in [-0.25, -0.2) is 9.37 Å². The number of methoxy groups -OCH3 is 2. The molecular weight excluding hydrogens is 584 g/mol. The van der Waals surface area contributed by atoms with E-state index in [1.807, 2.05) is 0 Å². The minimum absolute atomic E-state index is 0.0147. The number of rotatable bonds is 11. The van der Waals surface area contributed by atoms with E-state index in [0.717, 1.165) is 12.1 Å². The zero-order valence-electron chi connectivity index (χ0n) is 22.3. The molecule has 9 nitrogen and oxygen atoms in total. The highest BCUT2D eigenvalue weighted by molar-refractivity contribution is 6.31. The molecule has 42 heavy (non-hydrogen) atoms. The Labute approximate surface area is 242 Å². The van der Waals surface area contributed by atoms with Crippen molar-refractivity contribution in [3.05, 3.63) is 88.6 Å². The summed E-state index contributed by atoms with van der Waals surface area (Å²) in [6.07, 6.45) is -3.51. The first-order chi connectivity index (χ1) is 20.0. The smallest absolute Gasteiger partial charge is 0.403 e. The van der Waals surface area contributed by atoms with E-state index < -0.39 is 42.2 Å². The number of benzene rings is 2. The zero-order valence-corrected chi connectivity index (χ0v) is 23.0. The molecule has 222 valence electrons. The Morgan fingerprint density at radius 3 is 2.38 bits per heavy atom. The lowest BCUT2D eigenvalue weighted by molar-refractivity contribution is -0.200. The van der Waals surface area contributed by atoms with Crippen LogP contribution in [0.4, 0.5) is 17.6 Å². The number of aromatic amines is 1. The van der Waals surface area contributed by atoms with Gasteiger partial charge in [0.05, 0.1) is 37.2 Å². The Morgan fingerprint density at radius 1 is 1.02 bits per heavy atom. The van der Waals surface area contributed by atoms with Gasteiger partial charge in [0.1, 0.15) is 29.3 Å². The Hall–Kier alpha value is -4.36. The largest absolute Gasteiger partial charge is 0.494 e. The van der Waals surface area contributed by atoms with Crippen molar-refractivity contribution >= 4 is 17.5 Å². The van der Waals surface area contributed by atoms with Crippen LogP contribution in [0.5, 0.6) is 17.2 Å². The number of carbonyl (C=O) groups is 1. The first-order valence-corrected chi connectivity index (χ1v) is 12.7. The molecule has 2 aromatic carbocycles. The molecule has 1 unspecified atom stereocenters. The van der Waals surface area contributed by atoms with Gasteiger partial charge in [-0.05, 0) is 54.6 Å². The Balaban J connectivity index is 1.62. The van der Waals surface area contributed by atoms with E-state index in [-0.39, 0.29) is 39.9 Å². The maximum atomic E-state index is 14.6. The van der Waals surface area contributed by atoms with Crippen LogP contribution in [0.25, 0.3) is 11.3 Å². The molecule has 0 aliphatic carbocycles. The number of pyridine rings is 1. The van der Waals surface area contributed by atoms with Gasteiger partial charge in [0.15, 0.2) is 11.5 Å². The quantitative estimate of drug-likeness (QED) is 0.203. The van der Waals surface area contributed by atoms with Gasteiger partial charge in [0.2, 0.25) is 0 Å². The molecule has 0 saturated carbocycles. The maximum absolute atomic E-state index is 14.6. The van der Waals surface area contributed by atoms with Crippen LogP contribution >= 0.6 is 11.6 Å². The second-order valence-electron chi connectivity index (χ2n) is 9.03. The Kier molecular flexibility index (Phi) is 9.22. The van der Waals surface area contributed by atoms with Crippen molar-refractivity contribution in [1.82, 2.24) is 20.5 Å². The summed E-state index contributed by atoms with van der Waals surface area (Å²) in [4.78, 5) is 17.1. The normalized spacial score (nSPS) is 12.9. The molecule has 4 rings (SSSR count). The molecule has 14 heteroatoms. The van der Waals surface area contributed by atoms with E-state index in [0.29, 0.717) is 11.4 Å². The summed E-state index contributed by atoms with van der Waals surface area (Å²) in [7, 11) is 2.64. The molecule has 0 radical (unpaired) electrons. The lowest BCUT2D eigenvalue weighted by Gasteiger charge is -2.34. The number of H-pyrrole nitrogens is 1. The molecule has 0 aliphatic rings. The van der Waals surface area contributed by atoms with E-state index in [1.165, 1.54) is 50.6 Å². The number of aliphatic hydroxyl groups is 1. The number of nitrogens with zero attached hydrogens (tertiary/aromatic N) is 2. The van der Waals surface area contributed by atoms with E-state index in [1.54, 1.807) is 12.3 Å². The fourth-order valence-corrected chi connectivity index (χ4v) is 4.25. The monoisotopic (exact) mass is 608 g/mol. The lowest BCUT2D eigenvalue weighted by atomic mass is 9.83. The van der Waals surface area contributed by atoms with Crippen LogP contribution in [0.15, 0.2) is 60.8 Å². The average Bonchev–Trinajstić information content (AvgIpc) is 3.51. The van der Waals surface area contributed by atoms with Gasteiger partial charge in [-0.1, -0.05) is 11.6 Å². The molecule has 3 N–H and O–H groups in total. The maximum Gasteiger partial charge on any atom is 0.403 e. The first kappa shape index (κ1) is 30.6. The van der Waals surface area contributed by atoms with Crippen LogP contribution in [0, 0.1) is 5.82 Å². The fourth-order valence-electron chi connectivity index (χ4n) is 4.07. The molecule has 0 fully saturated rings. The minimum Gasteiger partial charge on any atom is -0.494 e. The molecule has 0 bridgehead atoms. The topological polar surface area (TPSA) is 119 Å². The molecule has 1 atom stereocenters. The van der Waals surface area contributed by atoms with Gasteiger partial charge < -0.3 is 24.6 Å². The molecule has 1 amide bonds. The number of ether oxygens (including phenoxy) is 3. The van der Waals surface area contributed by atoms with Crippen LogP contribution in [0.2, 0.25) is 5.02 Å². The van der Waals surface area contributed by atoms with Gasteiger partial charge in [-0.3, -0.25) is 9.89 Å². The number of alkyl halides is 3. The predicted octanol–water partition coefficient (Wildman–Crippen LogP) is 5.08. The van der Waals surface area contributed by atoms with Crippen LogP contribution in [-0.2, 0) is 12.0 Å². The fraction of sp³-hybridized carbons (Fsp3) is 0.250. The zero-order chi connectivity index (χ0) is 30.5. The van der Waals surface area contributed by atoms with Crippen molar-refractivity contribution in [3.63, 3.8) is 0 Å². The number of aromatic nitrogens is 3. The number of hydrogen-bond acceptors (Lipinski definition) is 7. The Bertz CT molecular complexity index is 1550. The molecule has 0 saturated heterocycles. The van der Waals surface area contributed by atoms with Gasteiger partial charge in [0, 0.05) is 23.9 Å². The number of amides is 1. The van der Waals surface area contributed by atoms with Crippen LogP contribution in [0.3, 0.4) is 0 Å². The third-order valence-corrected chi connectivity index (χ3v) is 6.78. The summed E-state index contributed by atoms with van der Waals surface area (Å²) in [5, 5.41) is 18.7. The first-order valence-electron chi connectivity index (χ1n) is 12.3. The van der Waals surface area contributed by atoms with E-state index in [2.05, 4.69) is 20.5 Å². The highest BCUT2D eigenvalue weighted by atomic mass is 35.5. The van der Waals surface area contributed by atoms with Crippen molar-refractivity contribution in [3.8, 4) is 28.5 Å². The minimum atomic E-state index is -5.06. The summed E-state index contributed by atoms with van der Waals surface area (Å²) in [6, 6.07) is 11.6. The van der Waals surface area contributed by atoms with E-state index >= 15 is 0 Å². The molecule has 4 aromatic rings. The molecule has 0 aliphatic heterocycles. The highest BCUT2D eigenvalue weighted by Crippen LogP contribution is 2.42. The van der Waals surface area contributed by atoms with Gasteiger partial charge >= 0.3 is 6.18 Å². The summed E-state index contributed by atoms with van der Waals surface area (Å²) < 4.78 is 73.8. The number of nitrogens with one attached hydrogen (secondary N) is 2. The second-order valence-corrected chi connectivity index (χ2v) is 9.44. The highest BCUT2D eigenvalue weighted by Gasteiger charge is 2.57. The summed E-state index contributed by atoms with van der Waals surface area (Å²) in [5.74, 6) is -1.05. The Morgan fingerprint density at radius 2 is 1.76 bits per heavy atom. The molecule has 2 heterocycles. The molecule has 2 aromatic heterocycles. The van der Waals surface area contributed by atoms with Crippen LogP contribution in [0.1, 0.15) is 21.7 Å². The number of halogens is 5. The van der Waals surface area contributed by atoms with Crippen molar-refractivity contribution in [1.29, 1.82) is 0 Å². The van der Waals surface area contributed by atoms with E-state index in [9.17, 15) is 27.5 Å². The number of carbonyl (C=O) groups excluding carboxylic acids is 1. The molecular formula is C28H25ClF4N4O5. The standard InChI is InChI=1S/C28H25ClF4N4O5/c1-40-22-7-8-24(36-25(22)16-3-5-20(30)19(29)11-16)27(15-38,28(31,32)33)14-34-26(39)17-4-6-21(23(12-17)41-2)42-13-18-9-10-35-37-18/h3-12,38H,13-15H2,1-2H3,(H,34,39)(H,35,37). The van der Waals surface area contributed by atoms with Crippen molar-refractivity contribution in [2.75, 3.05) is 27.4 Å². The number of aliphatic hydroxyl groups excluding tert-OH is 1. The van der Waals surface area contributed by atoms with Gasteiger partial charge in [-0.15, -0.1) is 0 Å². The predicted molar refractivity (Wildman–Crippen MR) is 144 cm³/mol. The summed E-state index contributed by atoms with van der Waals surface area (Å²) >= 11 is 5.87. The third-order valence-electron chi connectivity index (χ3n) is 6.49. The van der Waals surface area contributed by atoms with Gasteiger partial charge in [-0.2, -0.15) is 18.3 Å². The summed E-state index contributed by atoms with van der Waals surface area (Å²) in [6.45, 7) is -2.37. The van der Waals surface area contributed by atoms with Crippen molar-refractivity contribution in [2.24, 2.45) is 0 Å². The molecule has 0 spiro atoms.